The van der Waals surface area contributed by atoms with Gasteiger partial charge in [0, 0.05) is 13.2 Å². The molecular formula is C11H21NO3. The number of carboxylic acid groups (broad SMARTS) is 1. The number of ether oxygens (including phenoxy) is 1. The van der Waals surface area contributed by atoms with Gasteiger partial charge < -0.3 is 14.7 Å². The van der Waals surface area contributed by atoms with Gasteiger partial charge >= 0.3 is 5.97 Å². The molecule has 0 saturated carbocycles. The van der Waals surface area contributed by atoms with Gasteiger partial charge in [-0.25, -0.2) is 0 Å². The Kier molecular flexibility index (Phi) is 4.54. The van der Waals surface area contributed by atoms with Crippen LogP contribution in [0.4, 0.5) is 0 Å². The van der Waals surface area contributed by atoms with E-state index in [-0.39, 0.29) is 6.42 Å². The Balaban J connectivity index is 2.65. The maximum absolute atomic E-state index is 10.8. The zero-order chi connectivity index (χ0) is 11.3. The molecule has 4 heteroatoms. The summed E-state index contributed by atoms with van der Waals surface area (Å²) < 4.78 is 5.70. The van der Waals surface area contributed by atoms with Crippen LogP contribution in [0.5, 0.6) is 0 Å². The van der Waals surface area contributed by atoms with E-state index in [1.165, 1.54) is 0 Å². The maximum atomic E-state index is 10.8. The third kappa shape index (κ3) is 3.80. The first-order valence-corrected chi connectivity index (χ1v) is 5.62. The highest BCUT2D eigenvalue weighted by Gasteiger charge is 2.34. The molecule has 0 aromatic rings. The molecule has 15 heavy (non-hydrogen) atoms. The zero-order valence-electron chi connectivity index (χ0n) is 9.66. The Labute approximate surface area is 91.2 Å². The van der Waals surface area contributed by atoms with Gasteiger partial charge in [0.1, 0.15) is 0 Å². The third-order valence-electron chi connectivity index (χ3n) is 3.05. The number of hydrogen-bond acceptors (Lipinski definition) is 3. The summed E-state index contributed by atoms with van der Waals surface area (Å²) in [7, 11) is 2.07. The fourth-order valence-corrected chi connectivity index (χ4v) is 2.26. The van der Waals surface area contributed by atoms with Gasteiger partial charge in [0.25, 0.3) is 0 Å². The lowest BCUT2D eigenvalue weighted by Crippen LogP contribution is -2.36. The second-order valence-corrected chi connectivity index (χ2v) is 4.34. The molecule has 0 bridgehead atoms. The van der Waals surface area contributed by atoms with Crippen molar-refractivity contribution in [2.24, 2.45) is 0 Å². The van der Waals surface area contributed by atoms with Crippen molar-refractivity contribution >= 4 is 5.97 Å². The molecule has 1 heterocycles. The van der Waals surface area contributed by atoms with Crippen molar-refractivity contribution in [1.29, 1.82) is 0 Å². The molecule has 1 saturated heterocycles. The summed E-state index contributed by atoms with van der Waals surface area (Å²) >= 11 is 0. The average molecular weight is 215 g/mol. The zero-order valence-corrected chi connectivity index (χ0v) is 9.66. The van der Waals surface area contributed by atoms with Gasteiger partial charge in [-0.3, -0.25) is 4.79 Å². The van der Waals surface area contributed by atoms with Crippen molar-refractivity contribution in [3.63, 3.8) is 0 Å². The number of carbonyl (C=O) groups is 1. The first-order chi connectivity index (χ1) is 7.08. The molecule has 1 N–H and O–H groups in total. The van der Waals surface area contributed by atoms with Crippen molar-refractivity contribution in [2.75, 3.05) is 26.7 Å². The van der Waals surface area contributed by atoms with E-state index < -0.39 is 11.6 Å². The van der Waals surface area contributed by atoms with Gasteiger partial charge in [-0.2, -0.15) is 0 Å². The quantitative estimate of drug-likeness (QED) is 0.769. The molecule has 0 aromatic carbocycles. The van der Waals surface area contributed by atoms with Gasteiger partial charge in [0.05, 0.1) is 12.0 Å². The monoisotopic (exact) mass is 215 g/mol. The molecule has 0 amide bonds. The Morgan fingerprint density at radius 1 is 1.47 bits per heavy atom. The van der Waals surface area contributed by atoms with Crippen molar-refractivity contribution < 1.29 is 14.6 Å². The standard InChI is InChI=1S/C11H21NO3/c1-3-15-11(9-10(13)14)5-4-7-12(2)8-6-11/h3-9H2,1-2H3,(H,13,14). The smallest absolute Gasteiger partial charge is 0.306 e. The predicted octanol–water partition coefficient (Wildman–Crippen LogP) is 1.35. The molecule has 1 aliphatic heterocycles. The van der Waals surface area contributed by atoms with Gasteiger partial charge in [-0.05, 0) is 39.8 Å². The van der Waals surface area contributed by atoms with Crippen LogP contribution in [0.2, 0.25) is 0 Å². The minimum absolute atomic E-state index is 0.134. The van der Waals surface area contributed by atoms with E-state index in [0.29, 0.717) is 6.61 Å². The summed E-state index contributed by atoms with van der Waals surface area (Å²) in [6.07, 6.45) is 2.83. The van der Waals surface area contributed by atoms with Gasteiger partial charge in [-0.1, -0.05) is 0 Å². The molecule has 1 atom stereocenters. The van der Waals surface area contributed by atoms with E-state index in [0.717, 1.165) is 32.4 Å². The van der Waals surface area contributed by atoms with Crippen LogP contribution in [0, 0.1) is 0 Å². The summed E-state index contributed by atoms with van der Waals surface area (Å²) in [5.74, 6) is -0.756. The Hall–Kier alpha value is -0.610. The van der Waals surface area contributed by atoms with Gasteiger partial charge in [-0.15, -0.1) is 0 Å². The number of likely N-dealkylation sites (tertiary alicyclic amines) is 1. The molecule has 1 fully saturated rings. The van der Waals surface area contributed by atoms with E-state index in [1.807, 2.05) is 6.92 Å². The molecule has 1 unspecified atom stereocenters. The molecule has 0 aromatic heterocycles. The number of carboxylic acids is 1. The third-order valence-corrected chi connectivity index (χ3v) is 3.05. The van der Waals surface area contributed by atoms with E-state index in [1.54, 1.807) is 0 Å². The van der Waals surface area contributed by atoms with Crippen LogP contribution in [0.15, 0.2) is 0 Å². The number of nitrogens with zero attached hydrogens (tertiary/aromatic N) is 1. The van der Waals surface area contributed by atoms with Crippen LogP contribution in [-0.2, 0) is 9.53 Å². The predicted molar refractivity (Wildman–Crippen MR) is 58.0 cm³/mol. The average Bonchev–Trinajstić information content (AvgIpc) is 2.29. The lowest BCUT2D eigenvalue weighted by molar-refractivity contribution is -0.146. The maximum Gasteiger partial charge on any atom is 0.306 e. The van der Waals surface area contributed by atoms with Crippen LogP contribution in [0.3, 0.4) is 0 Å². The largest absolute Gasteiger partial charge is 0.481 e. The number of hydrogen-bond donors (Lipinski definition) is 1. The normalized spacial score (nSPS) is 28.7. The summed E-state index contributed by atoms with van der Waals surface area (Å²) in [6, 6.07) is 0. The molecule has 0 aliphatic carbocycles. The number of aliphatic carboxylic acids is 1. The summed E-state index contributed by atoms with van der Waals surface area (Å²) in [4.78, 5) is 13.1. The van der Waals surface area contributed by atoms with Crippen molar-refractivity contribution in [3.8, 4) is 0 Å². The van der Waals surface area contributed by atoms with Crippen LogP contribution < -0.4 is 0 Å². The molecule has 1 rings (SSSR count). The first-order valence-electron chi connectivity index (χ1n) is 5.62. The Bertz CT molecular complexity index is 220. The minimum Gasteiger partial charge on any atom is -0.481 e. The van der Waals surface area contributed by atoms with Gasteiger partial charge in [0.2, 0.25) is 0 Å². The van der Waals surface area contributed by atoms with Crippen LogP contribution in [0.25, 0.3) is 0 Å². The van der Waals surface area contributed by atoms with Crippen LogP contribution in [-0.4, -0.2) is 48.3 Å². The lowest BCUT2D eigenvalue weighted by Gasteiger charge is -2.31. The Morgan fingerprint density at radius 3 is 2.80 bits per heavy atom. The van der Waals surface area contributed by atoms with Gasteiger partial charge in [0.15, 0.2) is 0 Å². The van der Waals surface area contributed by atoms with E-state index >= 15 is 0 Å². The second-order valence-electron chi connectivity index (χ2n) is 4.34. The molecule has 88 valence electrons. The summed E-state index contributed by atoms with van der Waals surface area (Å²) in [5.41, 5.74) is -0.425. The molecule has 4 nitrogen and oxygen atoms in total. The SMILES string of the molecule is CCOC1(CC(=O)O)CCCN(C)CC1. The topological polar surface area (TPSA) is 49.8 Å². The molecule has 0 spiro atoms. The van der Waals surface area contributed by atoms with Crippen molar-refractivity contribution in [1.82, 2.24) is 4.90 Å². The Morgan fingerprint density at radius 2 is 2.20 bits per heavy atom. The summed E-state index contributed by atoms with van der Waals surface area (Å²) in [5, 5.41) is 8.92. The highest BCUT2D eigenvalue weighted by atomic mass is 16.5. The first kappa shape index (κ1) is 12.5. The number of rotatable bonds is 4. The van der Waals surface area contributed by atoms with E-state index in [2.05, 4.69) is 11.9 Å². The highest BCUT2D eigenvalue weighted by Crippen LogP contribution is 2.29. The minimum atomic E-state index is -0.756. The fraction of sp³-hybridized carbons (Fsp3) is 0.909. The molecular weight excluding hydrogens is 194 g/mol. The van der Waals surface area contributed by atoms with Crippen molar-refractivity contribution in [3.05, 3.63) is 0 Å². The summed E-state index contributed by atoms with van der Waals surface area (Å²) in [6.45, 7) is 4.48. The van der Waals surface area contributed by atoms with Crippen LogP contribution in [0.1, 0.15) is 32.6 Å². The highest BCUT2D eigenvalue weighted by molar-refractivity contribution is 5.68. The van der Waals surface area contributed by atoms with E-state index in [9.17, 15) is 4.79 Å². The van der Waals surface area contributed by atoms with Crippen LogP contribution >= 0.6 is 0 Å². The van der Waals surface area contributed by atoms with Crippen molar-refractivity contribution in [2.45, 2.75) is 38.2 Å². The second kappa shape index (κ2) is 5.47. The fourth-order valence-electron chi connectivity index (χ4n) is 2.26. The van der Waals surface area contributed by atoms with E-state index in [4.69, 9.17) is 9.84 Å². The lowest BCUT2D eigenvalue weighted by atomic mass is 9.91. The molecule has 0 radical (unpaired) electrons. The molecule has 1 aliphatic rings.